The Morgan fingerprint density at radius 3 is 2.56 bits per heavy atom. The first-order valence-corrected chi connectivity index (χ1v) is 18.0. The number of nitrogens with zero attached hydrogens (tertiary/aromatic N) is 5. The van der Waals surface area contributed by atoms with Gasteiger partial charge in [0.2, 0.25) is 0 Å². The first kappa shape index (κ1) is 30.3. The molecule has 0 atom stereocenters. The number of ether oxygens (including phenoxy) is 4. The summed E-state index contributed by atoms with van der Waals surface area (Å²) in [5, 5.41) is 4.69. The van der Waals surface area contributed by atoms with E-state index < -0.39 is 13.9 Å². The van der Waals surface area contributed by atoms with Crippen molar-refractivity contribution in [3.05, 3.63) is 77.9 Å². The number of hydrogen-bond donors (Lipinski definition) is 1. The molecule has 2 N–H and O–H groups in total. The largest absolute Gasteiger partial charge is 0.487 e. The molecule has 0 amide bonds. The summed E-state index contributed by atoms with van der Waals surface area (Å²) in [7, 11) is -1.17. The van der Waals surface area contributed by atoms with Crippen molar-refractivity contribution in [1.82, 2.24) is 19.3 Å². The molecule has 3 heterocycles. The predicted molar refractivity (Wildman–Crippen MR) is 165 cm³/mol. The van der Waals surface area contributed by atoms with Gasteiger partial charge < -0.3 is 29.2 Å². The summed E-state index contributed by atoms with van der Waals surface area (Å²) in [6, 6.07) is 12.5. The van der Waals surface area contributed by atoms with Crippen LogP contribution in [-0.4, -0.2) is 47.2 Å². The number of aromatic nitrogens is 4. The van der Waals surface area contributed by atoms with Crippen LogP contribution in [0.5, 0.6) is 17.2 Å². The Kier molecular flexibility index (Phi) is 9.45. The highest BCUT2D eigenvalue weighted by molar-refractivity contribution is 6.76. The predicted octanol–water partition coefficient (Wildman–Crippen LogP) is 7.05. The molecule has 1 aliphatic heterocycles. The van der Waals surface area contributed by atoms with E-state index >= 15 is 0 Å². The molecule has 226 valence electrons. The lowest BCUT2D eigenvalue weighted by molar-refractivity contribution is 0.0669. The van der Waals surface area contributed by atoms with E-state index in [-0.39, 0.29) is 12.6 Å². The summed E-state index contributed by atoms with van der Waals surface area (Å²) in [6.45, 7) is 17.2. The fraction of sp³-hybridized carbons (Fsp3) is 0.387. The van der Waals surface area contributed by atoms with Crippen molar-refractivity contribution in [2.24, 2.45) is 0 Å². The molecule has 2 aromatic heterocycles. The molecule has 12 heteroatoms. The third-order valence-electron chi connectivity index (χ3n) is 7.19. The monoisotopic (exact) mass is 604 g/mol. The van der Waals surface area contributed by atoms with Crippen LogP contribution in [0.4, 0.5) is 15.9 Å². The van der Waals surface area contributed by atoms with E-state index in [0.29, 0.717) is 61.0 Å². The highest BCUT2D eigenvalue weighted by Gasteiger charge is 2.24. The fourth-order valence-electron chi connectivity index (χ4n) is 4.73. The Hall–Kier alpha value is -4.18. The van der Waals surface area contributed by atoms with Crippen molar-refractivity contribution in [2.45, 2.75) is 57.9 Å². The molecule has 0 aliphatic carbocycles. The normalized spacial score (nSPS) is 14.0. The Balaban J connectivity index is 1.23. The topological polar surface area (TPSA) is 103 Å². The van der Waals surface area contributed by atoms with Crippen LogP contribution in [0.1, 0.15) is 24.6 Å². The van der Waals surface area contributed by atoms with Crippen molar-refractivity contribution in [2.75, 3.05) is 25.6 Å². The summed E-state index contributed by atoms with van der Waals surface area (Å²) < 4.78 is 41.2. The maximum absolute atomic E-state index is 14.5. The molecular formula is C31H37FN6O4Si. The zero-order chi connectivity index (χ0) is 30.4. The minimum Gasteiger partial charge on any atom is -0.487 e. The second kappa shape index (κ2) is 13.4. The number of halogens is 1. The molecular weight excluding hydrogens is 567 g/mol. The molecule has 2 aromatic carbocycles. The van der Waals surface area contributed by atoms with E-state index in [1.54, 1.807) is 35.4 Å². The van der Waals surface area contributed by atoms with Crippen LogP contribution in [0.2, 0.25) is 25.7 Å². The van der Waals surface area contributed by atoms with Crippen LogP contribution < -0.4 is 15.2 Å². The molecule has 10 nitrogen and oxygen atoms in total. The highest BCUT2D eigenvalue weighted by Crippen LogP contribution is 2.39. The van der Waals surface area contributed by atoms with Crippen LogP contribution in [0.15, 0.2) is 55.0 Å². The first-order valence-electron chi connectivity index (χ1n) is 14.3. The van der Waals surface area contributed by atoms with Crippen molar-refractivity contribution in [3.63, 3.8) is 0 Å². The van der Waals surface area contributed by atoms with Gasteiger partial charge in [-0.05, 0) is 36.6 Å². The summed E-state index contributed by atoms with van der Waals surface area (Å²) in [5.41, 5.74) is 8.71. The molecule has 0 unspecified atom stereocenters. The van der Waals surface area contributed by atoms with Crippen LogP contribution in [0.3, 0.4) is 0 Å². The molecule has 0 radical (unpaired) electrons. The number of imidazole rings is 1. The lowest BCUT2D eigenvalue weighted by atomic mass is 10.1. The second-order valence-corrected chi connectivity index (χ2v) is 17.3. The van der Waals surface area contributed by atoms with Gasteiger partial charge in [-0.2, -0.15) is 5.10 Å². The van der Waals surface area contributed by atoms with E-state index in [1.807, 2.05) is 16.7 Å². The number of nitrogens with two attached hydrogens (primary N) is 1. The van der Waals surface area contributed by atoms with E-state index in [4.69, 9.17) is 36.4 Å². The van der Waals surface area contributed by atoms with E-state index in [9.17, 15) is 4.39 Å². The quantitative estimate of drug-likeness (QED) is 0.105. The maximum atomic E-state index is 14.5. The standard InChI is InChI=1S/C31H37FN6O4Si/c1-34-30-29(36-38(31(30)33)24-9-11-39-12-10-24)22-5-7-26(8-6-22)42-28-16-23(32)15-27(17-28)41-19-25-18-35-20-37(25)21-40-13-14-43(2,3)4/h5-8,15-18,20,24H,9-14,19,21,33H2,2-4H3. The van der Waals surface area contributed by atoms with Crippen molar-refractivity contribution in [1.29, 1.82) is 0 Å². The molecule has 1 fully saturated rings. The average Bonchev–Trinajstić information content (AvgIpc) is 3.57. The van der Waals surface area contributed by atoms with Crippen LogP contribution in [0.25, 0.3) is 16.1 Å². The van der Waals surface area contributed by atoms with Gasteiger partial charge in [0.05, 0.1) is 30.8 Å². The minimum absolute atomic E-state index is 0.101. The summed E-state index contributed by atoms with van der Waals surface area (Å²) >= 11 is 0. The Morgan fingerprint density at radius 2 is 1.84 bits per heavy atom. The van der Waals surface area contributed by atoms with Crippen LogP contribution in [-0.2, 0) is 22.8 Å². The van der Waals surface area contributed by atoms with Gasteiger partial charge >= 0.3 is 0 Å². The van der Waals surface area contributed by atoms with Gasteiger partial charge in [-0.3, -0.25) is 4.68 Å². The molecule has 0 spiro atoms. The van der Waals surface area contributed by atoms with E-state index in [2.05, 4.69) is 29.5 Å². The molecule has 4 aromatic rings. The molecule has 0 bridgehead atoms. The Bertz CT molecular complexity index is 1570. The molecule has 43 heavy (non-hydrogen) atoms. The van der Waals surface area contributed by atoms with Crippen molar-refractivity contribution < 1.29 is 23.3 Å². The Morgan fingerprint density at radius 1 is 1.09 bits per heavy atom. The van der Waals surface area contributed by atoms with Gasteiger partial charge in [0.25, 0.3) is 5.69 Å². The first-order chi connectivity index (χ1) is 20.7. The molecule has 0 saturated carbocycles. The number of anilines is 1. The Labute approximate surface area is 252 Å². The molecule has 5 rings (SSSR count). The van der Waals surface area contributed by atoms with Gasteiger partial charge in [-0.15, -0.1) is 0 Å². The average molecular weight is 605 g/mol. The van der Waals surface area contributed by atoms with E-state index in [1.165, 1.54) is 12.1 Å². The lowest BCUT2D eigenvalue weighted by Gasteiger charge is -2.23. The van der Waals surface area contributed by atoms with Crippen molar-refractivity contribution in [3.8, 4) is 28.5 Å². The number of hydrogen-bond acceptors (Lipinski definition) is 7. The summed E-state index contributed by atoms with van der Waals surface area (Å²) in [5.74, 6) is 0.996. The number of nitrogen functional groups attached to an aromatic ring is 1. The minimum atomic E-state index is -1.17. The van der Waals surface area contributed by atoms with E-state index in [0.717, 1.165) is 30.1 Å². The van der Waals surface area contributed by atoms with Crippen LogP contribution >= 0.6 is 0 Å². The van der Waals surface area contributed by atoms with Gasteiger partial charge in [0, 0.05) is 46.1 Å². The third-order valence-corrected chi connectivity index (χ3v) is 8.89. The highest BCUT2D eigenvalue weighted by atomic mass is 28.3. The lowest BCUT2D eigenvalue weighted by Crippen LogP contribution is -2.22. The summed E-state index contributed by atoms with van der Waals surface area (Å²) in [4.78, 5) is 7.85. The molecule has 1 aliphatic rings. The van der Waals surface area contributed by atoms with Gasteiger partial charge in [0.15, 0.2) is 0 Å². The third kappa shape index (κ3) is 7.81. The second-order valence-electron chi connectivity index (χ2n) is 11.7. The number of rotatable bonds is 12. The summed E-state index contributed by atoms with van der Waals surface area (Å²) in [6.07, 6.45) is 5.00. The number of benzene rings is 2. The SMILES string of the molecule is [C-]#[N+]c1c(-c2ccc(Oc3cc(F)cc(OCc4cncn4COCC[Si](C)(C)C)c3)cc2)nn(C2CCOCC2)c1N. The smallest absolute Gasteiger partial charge is 0.254 e. The zero-order valence-electron chi connectivity index (χ0n) is 24.8. The fourth-order valence-corrected chi connectivity index (χ4v) is 5.49. The van der Waals surface area contributed by atoms with Gasteiger partial charge in [-0.1, -0.05) is 31.8 Å². The van der Waals surface area contributed by atoms with Gasteiger partial charge in [-0.25, -0.2) is 14.2 Å². The zero-order valence-corrected chi connectivity index (χ0v) is 25.8. The maximum Gasteiger partial charge on any atom is 0.254 e. The van der Waals surface area contributed by atoms with Crippen LogP contribution in [0, 0.1) is 12.4 Å². The van der Waals surface area contributed by atoms with Gasteiger partial charge in [0.1, 0.15) is 47.9 Å². The van der Waals surface area contributed by atoms with Crippen molar-refractivity contribution >= 4 is 19.6 Å². The molecule has 1 saturated heterocycles.